The maximum Gasteiger partial charge on any atom is 0.226 e. The van der Waals surface area contributed by atoms with Gasteiger partial charge in [0.1, 0.15) is 0 Å². The van der Waals surface area contributed by atoms with Crippen molar-refractivity contribution in [1.29, 1.82) is 0 Å². The smallest absolute Gasteiger partial charge is 0.226 e. The Hall–Kier alpha value is -1.06. The molecule has 1 saturated heterocycles. The van der Waals surface area contributed by atoms with Gasteiger partial charge in [-0.3, -0.25) is 4.79 Å². The zero-order valence-corrected chi connectivity index (χ0v) is 13.9. The van der Waals surface area contributed by atoms with Crippen LogP contribution in [-0.2, 0) is 11.2 Å². The number of likely N-dealkylation sites (tertiary alicyclic amines) is 1. The first-order chi connectivity index (χ1) is 9.72. The molecule has 0 bridgehead atoms. The summed E-state index contributed by atoms with van der Waals surface area (Å²) in [5.74, 6) is 0.396. The van der Waals surface area contributed by atoms with Gasteiger partial charge in [0, 0.05) is 25.0 Å². The van der Waals surface area contributed by atoms with E-state index in [4.69, 9.17) is 0 Å². The Kier molecular flexibility index (Phi) is 7.76. The summed E-state index contributed by atoms with van der Waals surface area (Å²) < 4.78 is 0. The molecule has 1 aromatic rings. The second-order valence-corrected chi connectivity index (χ2v) is 5.81. The first-order valence-electron chi connectivity index (χ1n) is 7.71. The van der Waals surface area contributed by atoms with Gasteiger partial charge in [0.15, 0.2) is 0 Å². The molecule has 0 aliphatic carbocycles. The molecule has 21 heavy (non-hydrogen) atoms. The van der Waals surface area contributed by atoms with Crippen molar-refractivity contribution < 1.29 is 4.79 Å². The van der Waals surface area contributed by atoms with Crippen LogP contribution in [-0.4, -0.2) is 37.0 Å². The molecule has 2 rings (SSSR count). The van der Waals surface area contributed by atoms with Crippen molar-refractivity contribution in [3.05, 3.63) is 35.9 Å². The molecule has 1 aliphatic rings. The van der Waals surface area contributed by atoms with Crippen molar-refractivity contribution in [1.82, 2.24) is 10.2 Å². The number of halogens is 1. The van der Waals surface area contributed by atoms with Crippen LogP contribution in [0.25, 0.3) is 0 Å². The van der Waals surface area contributed by atoms with Crippen molar-refractivity contribution in [3.63, 3.8) is 0 Å². The summed E-state index contributed by atoms with van der Waals surface area (Å²) in [6, 6.07) is 11.0. The Morgan fingerprint density at radius 3 is 2.76 bits per heavy atom. The van der Waals surface area contributed by atoms with E-state index in [-0.39, 0.29) is 18.3 Å². The molecule has 0 aromatic heterocycles. The van der Waals surface area contributed by atoms with Crippen LogP contribution >= 0.6 is 12.4 Å². The highest BCUT2D eigenvalue weighted by Crippen LogP contribution is 2.23. The molecule has 1 amide bonds. The van der Waals surface area contributed by atoms with E-state index in [1.807, 2.05) is 20.0 Å². The van der Waals surface area contributed by atoms with Gasteiger partial charge in [-0.2, -0.15) is 0 Å². The Labute approximate surface area is 134 Å². The number of nitrogens with zero attached hydrogens (tertiary/aromatic N) is 1. The van der Waals surface area contributed by atoms with Gasteiger partial charge in [0.25, 0.3) is 0 Å². The Morgan fingerprint density at radius 1 is 1.38 bits per heavy atom. The molecule has 0 spiro atoms. The van der Waals surface area contributed by atoms with Crippen molar-refractivity contribution in [2.75, 3.05) is 20.1 Å². The number of amides is 1. The zero-order valence-electron chi connectivity index (χ0n) is 13.0. The molecule has 2 unspecified atom stereocenters. The van der Waals surface area contributed by atoms with Gasteiger partial charge in [-0.1, -0.05) is 37.3 Å². The molecule has 3 nitrogen and oxygen atoms in total. The Bertz CT molecular complexity index is 424. The summed E-state index contributed by atoms with van der Waals surface area (Å²) in [7, 11) is 1.90. The van der Waals surface area contributed by atoms with Crippen LogP contribution in [0.2, 0.25) is 0 Å². The number of hydrogen-bond donors (Lipinski definition) is 1. The van der Waals surface area contributed by atoms with Gasteiger partial charge in [0.05, 0.1) is 0 Å². The molecule has 1 fully saturated rings. The van der Waals surface area contributed by atoms with Gasteiger partial charge < -0.3 is 10.2 Å². The lowest BCUT2D eigenvalue weighted by molar-refractivity contribution is -0.135. The van der Waals surface area contributed by atoms with Crippen LogP contribution in [0.1, 0.15) is 31.7 Å². The fraction of sp³-hybridized carbons (Fsp3) is 0.588. The van der Waals surface area contributed by atoms with E-state index in [9.17, 15) is 4.79 Å². The SMILES string of the molecule is CNCC(C)C(=O)N1CCCC1CCc1ccccc1.Cl. The minimum Gasteiger partial charge on any atom is -0.339 e. The lowest BCUT2D eigenvalue weighted by atomic mass is 10.0. The maximum atomic E-state index is 12.4. The van der Waals surface area contributed by atoms with Crippen molar-refractivity contribution >= 4 is 18.3 Å². The predicted molar refractivity (Wildman–Crippen MR) is 89.8 cm³/mol. The molecular weight excluding hydrogens is 284 g/mol. The number of rotatable bonds is 6. The van der Waals surface area contributed by atoms with Gasteiger partial charge in [-0.25, -0.2) is 0 Å². The van der Waals surface area contributed by atoms with Gasteiger partial charge in [-0.05, 0) is 38.3 Å². The van der Waals surface area contributed by atoms with Gasteiger partial charge in [-0.15, -0.1) is 12.4 Å². The summed E-state index contributed by atoms with van der Waals surface area (Å²) in [6.45, 7) is 3.72. The Balaban J connectivity index is 0.00000220. The van der Waals surface area contributed by atoms with E-state index in [0.717, 1.165) is 38.8 Å². The number of nitrogens with one attached hydrogen (secondary N) is 1. The first-order valence-corrected chi connectivity index (χ1v) is 7.71. The molecule has 4 heteroatoms. The van der Waals surface area contributed by atoms with Crippen molar-refractivity contribution in [2.24, 2.45) is 5.92 Å². The van der Waals surface area contributed by atoms with E-state index in [1.54, 1.807) is 0 Å². The maximum absolute atomic E-state index is 12.4. The standard InChI is InChI=1S/C17H26N2O.ClH/c1-14(13-18-2)17(20)19-12-6-9-16(19)11-10-15-7-4-3-5-8-15;/h3-5,7-8,14,16,18H,6,9-13H2,1-2H3;1H. The summed E-state index contributed by atoms with van der Waals surface area (Å²) in [4.78, 5) is 14.6. The predicted octanol–water partition coefficient (Wildman–Crippen LogP) is 2.89. The number of hydrogen-bond acceptors (Lipinski definition) is 2. The highest BCUT2D eigenvalue weighted by atomic mass is 35.5. The molecule has 1 aromatic carbocycles. The van der Waals surface area contributed by atoms with Crippen LogP contribution in [0.4, 0.5) is 0 Å². The van der Waals surface area contributed by atoms with E-state index in [1.165, 1.54) is 5.56 Å². The third-order valence-electron chi connectivity index (χ3n) is 4.20. The van der Waals surface area contributed by atoms with E-state index in [2.05, 4.69) is 34.5 Å². The number of carbonyl (C=O) groups excluding carboxylic acids is 1. The highest BCUT2D eigenvalue weighted by molar-refractivity contribution is 5.85. The molecule has 118 valence electrons. The molecular formula is C17H27ClN2O. The average Bonchev–Trinajstić information content (AvgIpc) is 2.94. The van der Waals surface area contributed by atoms with Crippen LogP contribution in [0.3, 0.4) is 0 Å². The van der Waals surface area contributed by atoms with Crippen LogP contribution in [0, 0.1) is 5.92 Å². The molecule has 2 atom stereocenters. The van der Waals surface area contributed by atoms with Gasteiger partial charge in [0.2, 0.25) is 5.91 Å². The number of carbonyl (C=O) groups is 1. The number of benzene rings is 1. The van der Waals surface area contributed by atoms with E-state index >= 15 is 0 Å². The zero-order chi connectivity index (χ0) is 14.4. The molecule has 1 N–H and O–H groups in total. The monoisotopic (exact) mass is 310 g/mol. The lowest BCUT2D eigenvalue weighted by Gasteiger charge is -2.27. The van der Waals surface area contributed by atoms with Gasteiger partial charge >= 0.3 is 0 Å². The summed E-state index contributed by atoms with van der Waals surface area (Å²) in [6.07, 6.45) is 4.46. The molecule has 1 heterocycles. The van der Waals surface area contributed by atoms with Crippen LogP contribution in [0.5, 0.6) is 0 Å². The topological polar surface area (TPSA) is 32.3 Å². The fourth-order valence-electron chi connectivity index (χ4n) is 3.08. The van der Waals surface area contributed by atoms with E-state index in [0.29, 0.717) is 11.9 Å². The minimum atomic E-state index is 0. The molecule has 0 saturated carbocycles. The van der Waals surface area contributed by atoms with Crippen LogP contribution in [0.15, 0.2) is 30.3 Å². The van der Waals surface area contributed by atoms with Crippen molar-refractivity contribution in [3.8, 4) is 0 Å². The normalized spacial score (nSPS) is 19.1. The second kappa shape index (κ2) is 9.06. The van der Waals surface area contributed by atoms with E-state index < -0.39 is 0 Å². The largest absolute Gasteiger partial charge is 0.339 e. The third kappa shape index (κ3) is 5.01. The number of aryl methyl sites for hydroxylation is 1. The highest BCUT2D eigenvalue weighted by Gasteiger charge is 2.30. The minimum absolute atomic E-state index is 0. The first kappa shape index (κ1) is 18.0. The molecule has 1 aliphatic heterocycles. The second-order valence-electron chi connectivity index (χ2n) is 5.81. The third-order valence-corrected chi connectivity index (χ3v) is 4.20. The van der Waals surface area contributed by atoms with Crippen LogP contribution < -0.4 is 5.32 Å². The lowest BCUT2D eigenvalue weighted by Crippen LogP contribution is -2.41. The van der Waals surface area contributed by atoms with Crippen molar-refractivity contribution in [2.45, 2.75) is 38.6 Å². The fourth-order valence-corrected chi connectivity index (χ4v) is 3.08. The molecule has 0 radical (unpaired) electrons. The summed E-state index contributed by atoms with van der Waals surface area (Å²) >= 11 is 0. The summed E-state index contributed by atoms with van der Waals surface area (Å²) in [5.41, 5.74) is 1.37. The average molecular weight is 311 g/mol. The summed E-state index contributed by atoms with van der Waals surface area (Å²) in [5, 5.41) is 3.10. The quantitative estimate of drug-likeness (QED) is 0.876. The Morgan fingerprint density at radius 2 is 2.10 bits per heavy atom.